The molecule has 90 valence electrons. The summed E-state index contributed by atoms with van der Waals surface area (Å²) in [5.74, 6) is -1.89. The van der Waals surface area contributed by atoms with E-state index in [4.69, 9.17) is 22.1 Å². The molecule has 0 aliphatic heterocycles. The number of ether oxygens (including phenoxy) is 1. The number of nitrogens with two attached hydrogens (primary N) is 1. The zero-order chi connectivity index (χ0) is 12.5. The van der Waals surface area contributed by atoms with Crippen LogP contribution < -0.4 is 5.73 Å². The van der Waals surface area contributed by atoms with Gasteiger partial charge in [-0.2, -0.15) is 5.10 Å². The molecule has 6 nitrogen and oxygen atoms in total. The Hall–Kier alpha value is -1.69. The van der Waals surface area contributed by atoms with Crippen molar-refractivity contribution in [1.29, 1.82) is 0 Å². The molecule has 1 atom stereocenters. The molecule has 0 spiro atoms. The van der Waals surface area contributed by atoms with Crippen LogP contribution in [0.25, 0.3) is 0 Å². The Morgan fingerprint density at radius 1 is 1.53 bits per heavy atom. The molecule has 0 radical (unpaired) electrons. The van der Waals surface area contributed by atoms with E-state index in [0.717, 1.165) is 0 Å². The van der Waals surface area contributed by atoms with E-state index in [0.29, 0.717) is 12.8 Å². The summed E-state index contributed by atoms with van der Waals surface area (Å²) >= 11 is 5.95. The van der Waals surface area contributed by atoms with Crippen LogP contribution in [0.15, 0.2) is 18.3 Å². The molecular weight excluding hydrogens is 246 g/mol. The van der Waals surface area contributed by atoms with E-state index in [9.17, 15) is 9.59 Å². The van der Waals surface area contributed by atoms with Gasteiger partial charge in [0.05, 0.1) is 0 Å². The van der Waals surface area contributed by atoms with Gasteiger partial charge in [0, 0.05) is 12.1 Å². The van der Waals surface area contributed by atoms with Crippen LogP contribution in [-0.4, -0.2) is 27.1 Å². The zero-order valence-electron chi connectivity index (χ0n) is 8.80. The number of amides is 1. The van der Waals surface area contributed by atoms with Crippen LogP contribution in [0.2, 0.25) is 0 Å². The summed E-state index contributed by atoms with van der Waals surface area (Å²) < 4.78 is 4.96. The molecule has 1 aromatic heterocycles. The van der Waals surface area contributed by atoms with Crippen LogP contribution >= 0.6 is 11.6 Å². The largest absolute Gasteiger partial charge is 0.428 e. The third-order valence-corrected chi connectivity index (χ3v) is 3.03. The number of alkyl halides is 1. The lowest BCUT2D eigenvalue weighted by Crippen LogP contribution is -2.45. The number of primary amides is 1. The van der Waals surface area contributed by atoms with Crippen molar-refractivity contribution in [3.63, 3.8) is 0 Å². The number of carbonyl (C=O) groups is 2. The van der Waals surface area contributed by atoms with Gasteiger partial charge in [-0.1, -0.05) is 11.6 Å². The molecule has 17 heavy (non-hydrogen) atoms. The Morgan fingerprint density at radius 3 is 2.71 bits per heavy atom. The molecular formula is C10H10ClN3O3. The van der Waals surface area contributed by atoms with Gasteiger partial charge >= 0.3 is 5.97 Å². The van der Waals surface area contributed by atoms with Crippen molar-refractivity contribution in [2.45, 2.75) is 17.9 Å². The van der Waals surface area contributed by atoms with E-state index in [1.165, 1.54) is 18.3 Å². The van der Waals surface area contributed by atoms with Crippen molar-refractivity contribution in [1.82, 2.24) is 10.2 Å². The highest BCUT2D eigenvalue weighted by atomic mass is 35.5. The first kappa shape index (κ1) is 11.8. The van der Waals surface area contributed by atoms with Gasteiger partial charge in [-0.3, -0.25) is 4.79 Å². The maximum atomic E-state index is 11.7. The molecule has 2 rings (SSSR count). The van der Waals surface area contributed by atoms with E-state index >= 15 is 0 Å². The van der Waals surface area contributed by atoms with Gasteiger partial charge in [0.25, 0.3) is 11.0 Å². The van der Waals surface area contributed by atoms with Gasteiger partial charge in [0.2, 0.25) is 0 Å². The molecule has 0 aromatic carbocycles. The molecule has 7 heteroatoms. The first-order chi connectivity index (χ1) is 8.04. The average molecular weight is 256 g/mol. The van der Waals surface area contributed by atoms with Crippen molar-refractivity contribution in [2.24, 2.45) is 11.7 Å². The molecule has 1 aliphatic rings. The number of rotatable bonds is 4. The maximum Gasteiger partial charge on any atom is 0.361 e. The fraction of sp³-hybridized carbons (Fsp3) is 0.400. The van der Waals surface area contributed by atoms with Crippen LogP contribution in [0, 0.1) is 5.92 Å². The normalized spacial score (nSPS) is 18.2. The van der Waals surface area contributed by atoms with Gasteiger partial charge in [0.15, 0.2) is 5.69 Å². The van der Waals surface area contributed by atoms with Gasteiger partial charge in [-0.25, -0.2) is 4.79 Å². The van der Waals surface area contributed by atoms with Gasteiger partial charge < -0.3 is 10.5 Å². The highest BCUT2D eigenvalue weighted by Gasteiger charge is 2.52. The van der Waals surface area contributed by atoms with Crippen LogP contribution in [0.1, 0.15) is 23.3 Å². The van der Waals surface area contributed by atoms with Crippen molar-refractivity contribution < 1.29 is 14.3 Å². The van der Waals surface area contributed by atoms with Gasteiger partial charge in [0.1, 0.15) is 0 Å². The average Bonchev–Trinajstić information content (AvgIpc) is 3.13. The molecule has 2 N–H and O–H groups in total. The molecule has 0 saturated heterocycles. The van der Waals surface area contributed by atoms with E-state index in [2.05, 4.69) is 10.2 Å². The van der Waals surface area contributed by atoms with Gasteiger partial charge in [-0.05, 0) is 25.0 Å². The third kappa shape index (κ3) is 2.36. The van der Waals surface area contributed by atoms with Crippen LogP contribution in [0.3, 0.4) is 0 Å². The topological polar surface area (TPSA) is 95.2 Å². The number of esters is 1. The highest BCUT2D eigenvalue weighted by Crippen LogP contribution is 2.44. The standard InChI is InChI=1S/C10H10ClN3O3/c11-10(9(12)16,6-3-4-6)17-8(15)7-2-1-5-13-14-7/h1-2,5-6H,3-4H2,(H2,12,16). The predicted octanol–water partition coefficient (Wildman–Crippen LogP) is 0.464. The number of hydrogen-bond donors (Lipinski definition) is 1. The van der Waals surface area contributed by atoms with Crippen LogP contribution in [0.4, 0.5) is 0 Å². The molecule has 0 bridgehead atoms. The highest BCUT2D eigenvalue weighted by molar-refractivity contribution is 6.34. The summed E-state index contributed by atoms with van der Waals surface area (Å²) in [4.78, 5) is 22.9. The first-order valence-electron chi connectivity index (χ1n) is 5.04. The molecule has 1 saturated carbocycles. The Morgan fingerprint density at radius 2 is 2.24 bits per heavy atom. The Kier molecular flexibility index (Phi) is 2.97. The maximum absolute atomic E-state index is 11.7. The second-order valence-corrected chi connectivity index (χ2v) is 4.34. The number of halogens is 1. The fourth-order valence-corrected chi connectivity index (χ4v) is 1.68. The van der Waals surface area contributed by atoms with Crippen molar-refractivity contribution >= 4 is 23.5 Å². The van der Waals surface area contributed by atoms with Gasteiger partial charge in [-0.15, -0.1) is 5.10 Å². The fourth-order valence-electron chi connectivity index (χ4n) is 1.39. The lowest BCUT2D eigenvalue weighted by molar-refractivity contribution is -0.131. The third-order valence-electron chi connectivity index (χ3n) is 2.46. The summed E-state index contributed by atoms with van der Waals surface area (Å²) in [5.41, 5.74) is 5.14. The first-order valence-corrected chi connectivity index (χ1v) is 5.41. The number of hydrogen-bond acceptors (Lipinski definition) is 5. The predicted molar refractivity (Wildman–Crippen MR) is 57.9 cm³/mol. The van der Waals surface area contributed by atoms with E-state index in [-0.39, 0.29) is 11.6 Å². The monoisotopic (exact) mass is 255 g/mol. The van der Waals surface area contributed by atoms with Crippen LogP contribution in [0.5, 0.6) is 0 Å². The Bertz CT molecular complexity index is 449. The smallest absolute Gasteiger partial charge is 0.361 e. The lowest BCUT2D eigenvalue weighted by atomic mass is 10.2. The van der Waals surface area contributed by atoms with Crippen LogP contribution in [-0.2, 0) is 9.53 Å². The van der Waals surface area contributed by atoms with E-state index in [1.54, 1.807) is 0 Å². The SMILES string of the molecule is NC(=O)C(Cl)(OC(=O)c1cccnn1)C1CC1. The van der Waals surface area contributed by atoms with Crippen molar-refractivity contribution in [3.05, 3.63) is 24.0 Å². The molecule has 1 fully saturated rings. The summed E-state index contributed by atoms with van der Waals surface area (Å²) in [6.07, 6.45) is 2.83. The van der Waals surface area contributed by atoms with E-state index in [1.807, 2.05) is 0 Å². The second-order valence-electron chi connectivity index (χ2n) is 3.78. The number of nitrogens with zero attached hydrogens (tertiary/aromatic N) is 2. The minimum Gasteiger partial charge on any atom is -0.428 e. The summed E-state index contributed by atoms with van der Waals surface area (Å²) in [6.45, 7) is 0. The quantitative estimate of drug-likeness (QED) is 0.623. The molecule has 1 amide bonds. The number of carbonyl (C=O) groups excluding carboxylic acids is 2. The Labute approximate surface area is 102 Å². The minimum atomic E-state index is -1.77. The second kappa shape index (κ2) is 4.29. The lowest BCUT2D eigenvalue weighted by Gasteiger charge is -2.22. The molecule has 1 heterocycles. The summed E-state index contributed by atoms with van der Waals surface area (Å²) in [6, 6.07) is 2.95. The Balaban J connectivity index is 2.14. The molecule has 1 aliphatic carbocycles. The summed E-state index contributed by atoms with van der Waals surface area (Å²) in [7, 11) is 0. The summed E-state index contributed by atoms with van der Waals surface area (Å²) in [5, 5.41) is 5.33. The molecule has 1 unspecified atom stereocenters. The van der Waals surface area contributed by atoms with E-state index < -0.39 is 16.9 Å². The molecule has 1 aromatic rings. The zero-order valence-corrected chi connectivity index (χ0v) is 9.55. The van der Waals surface area contributed by atoms with Crippen molar-refractivity contribution in [3.8, 4) is 0 Å². The number of aromatic nitrogens is 2. The van der Waals surface area contributed by atoms with Crippen molar-refractivity contribution in [2.75, 3.05) is 0 Å². The minimum absolute atomic E-state index is 0.0144.